The number of carbonyl (C=O) groups is 2. The maximum atomic E-state index is 14.9. The van der Waals surface area contributed by atoms with Crippen LogP contribution >= 0.6 is 0 Å². The molecule has 12 nitrogen and oxygen atoms in total. The molecule has 0 spiro atoms. The number of esters is 2. The summed E-state index contributed by atoms with van der Waals surface area (Å²) in [6, 6.07) is 8.72. The van der Waals surface area contributed by atoms with E-state index in [0.29, 0.717) is 0 Å². The first-order chi connectivity index (χ1) is 19.2. The number of hydrogen-bond acceptors (Lipinski definition) is 10. The largest absolute Gasteiger partial charge is 0.462 e. The third kappa shape index (κ3) is 4.98. The minimum atomic E-state index is -0.799. The van der Waals surface area contributed by atoms with Gasteiger partial charge in [0.15, 0.2) is 11.5 Å². The van der Waals surface area contributed by atoms with Gasteiger partial charge >= 0.3 is 11.9 Å². The van der Waals surface area contributed by atoms with Crippen LogP contribution in [0.2, 0.25) is 0 Å². The Morgan fingerprint density at radius 3 is 2.60 bits per heavy atom. The van der Waals surface area contributed by atoms with Crippen LogP contribution < -0.4 is 10.6 Å². The molecule has 14 heteroatoms. The molecule has 2 atom stereocenters. The molecule has 0 amide bonds. The number of non-ortho nitro benzene ring substituents is 1. The zero-order valence-electron chi connectivity index (χ0n) is 21.0. The summed E-state index contributed by atoms with van der Waals surface area (Å²) in [7, 11) is 0. The fourth-order valence-corrected chi connectivity index (χ4v) is 4.64. The smallest absolute Gasteiger partial charge is 0.345 e. The monoisotopic (exact) mass is 552 g/mol. The van der Waals surface area contributed by atoms with E-state index in [9.17, 15) is 28.5 Å². The van der Waals surface area contributed by atoms with Crippen LogP contribution in [0.1, 0.15) is 45.7 Å². The van der Waals surface area contributed by atoms with E-state index in [2.05, 4.69) is 10.1 Å². The molecule has 206 valence electrons. The Morgan fingerprint density at radius 2 is 1.90 bits per heavy atom. The molecular weight excluding hydrogens is 530 g/mol. The van der Waals surface area contributed by atoms with Crippen LogP contribution in [-0.4, -0.2) is 50.7 Å². The lowest BCUT2D eigenvalue weighted by Crippen LogP contribution is -2.27. The number of nitrogen functional groups attached to an aromatic ring is 1. The van der Waals surface area contributed by atoms with Gasteiger partial charge in [0.1, 0.15) is 29.1 Å². The van der Waals surface area contributed by atoms with Gasteiger partial charge in [-0.25, -0.2) is 27.9 Å². The molecule has 3 heterocycles. The van der Waals surface area contributed by atoms with E-state index in [1.165, 1.54) is 35.0 Å². The van der Waals surface area contributed by atoms with Gasteiger partial charge in [-0.15, -0.1) is 5.10 Å². The maximum absolute atomic E-state index is 14.9. The minimum absolute atomic E-state index is 0.0224. The van der Waals surface area contributed by atoms with Crippen LogP contribution in [0, 0.1) is 21.7 Å². The lowest BCUT2D eigenvalue weighted by molar-refractivity contribution is -0.384. The Bertz CT molecular complexity index is 1630. The SMILES string of the molecule is CCOC(=O)c1c(N)nn2ccc(N3C[C@@H](OC(=O)c4ccc([N+](=O)[O-])cc4)CC3c3cc(F)ccc3F)nc12. The molecule has 2 aromatic heterocycles. The summed E-state index contributed by atoms with van der Waals surface area (Å²) < 4.78 is 41.1. The van der Waals surface area contributed by atoms with E-state index in [1.807, 2.05) is 0 Å². The molecule has 5 rings (SSSR count). The molecule has 40 heavy (non-hydrogen) atoms. The van der Waals surface area contributed by atoms with Crippen LogP contribution in [0.5, 0.6) is 0 Å². The Labute approximate surface area is 225 Å². The van der Waals surface area contributed by atoms with E-state index in [4.69, 9.17) is 15.2 Å². The Hall–Kier alpha value is -5.14. The number of nitrogens with zero attached hydrogens (tertiary/aromatic N) is 5. The fraction of sp³-hybridized carbons (Fsp3) is 0.231. The first-order valence-corrected chi connectivity index (χ1v) is 12.1. The summed E-state index contributed by atoms with van der Waals surface area (Å²) in [6.45, 7) is 1.78. The number of nitro benzene ring substituents is 1. The van der Waals surface area contributed by atoms with Crippen molar-refractivity contribution in [2.75, 3.05) is 23.8 Å². The van der Waals surface area contributed by atoms with E-state index in [-0.39, 0.29) is 59.2 Å². The molecule has 2 N–H and O–H groups in total. The van der Waals surface area contributed by atoms with Gasteiger partial charge in [0, 0.05) is 30.3 Å². The highest BCUT2D eigenvalue weighted by atomic mass is 19.1. The number of nitrogens with two attached hydrogens (primary N) is 1. The second-order valence-electron chi connectivity index (χ2n) is 8.94. The number of fused-ring (bicyclic) bond motifs is 1. The lowest BCUT2D eigenvalue weighted by atomic mass is 10.0. The van der Waals surface area contributed by atoms with Crippen molar-refractivity contribution in [2.24, 2.45) is 0 Å². The molecule has 1 aliphatic rings. The van der Waals surface area contributed by atoms with Crippen LogP contribution in [0.3, 0.4) is 0 Å². The quantitative estimate of drug-likeness (QED) is 0.203. The molecule has 0 saturated carbocycles. The number of halogens is 2. The van der Waals surface area contributed by atoms with Crippen molar-refractivity contribution >= 4 is 34.9 Å². The third-order valence-corrected chi connectivity index (χ3v) is 6.44. The zero-order valence-corrected chi connectivity index (χ0v) is 21.0. The van der Waals surface area contributed by atoms with Gasteiger partial charge in [0.25, 0.3) is 5.69 Å². The van der Waals surface area contributed by atoms with Crippen LogP contribution in [0.15, 0.2) is 54.7 Å². The number of nitro groups is 1. The number of rotatable bonds is 7. The highest BCUT2D eigenvalue weighted by Crippen LogP contribution is 2.38. The average molecular weight is 552 g/mol. The molecule has 1 fully saturated rings. The molecule has 0 radical (unpaired) electrons. The summed E-state index contributed by atoms with van der Waals surface area (Å²) in [5.74, 6) is -2.60. The molecule has 0 aliphatic carbocycles. The van der Waals surface area contributed by atoms with Crippen LogP contribution in [0.4, 0.5) is 26.1 Å². The topological polar surface area (TPSA) is 155 Å². The third-order valence-electron chi connectivity index (χ3n) is 6.44. The van der Waals surface area contributed by atoms with E-state index in [1.54, 1.807) is 17.9 Å². The van der Waals surface area contributed by atoms with Gasteiger partial charge < -0.3 is 20.1 Å². The summed E-state index contributed by atoms with van der Waals surface area (Å²) in [5.41, 5.74) is 5.91. The van der Waals surface area contributed by atoms with Crippen LogP contribution in [-0.2, 0) is 9.47 Å². The number of aromatic nitrogens is 3. The molecule has 0 bridgehead atoms. The second kappa shape index (κ2) is 10.6. The van der Waals surface area contributed by atoms with Crippen LogP contribution in [0.25, 0.3) is 5.65 Å². The Morgan fingerprint density at radius 1 is 1.15 bits per heavy atom. The predicted octanol–water partition coefficient (Wildman–Crippen LogP) is 3.85. The molecular formula is C26H22F2N6O6. The van der Waals surface area contributed by atoms with E-state index < -0.39 is 40.6 Å². The molecule has 1 aliphatic heterocycles. The van der Waals surface area contributed by atoms with Crippen molar-refractivity contribution in [3.8, 4) is 0 Å². The second-order valence-corrected chi connectivity index (χ2v) is 8.94. The molecule has 1 unspecified atom stereocenters. The summed E-state index contributed by atoms with van der Waals surface area (Å²) in [5, 5.41) is 15.0. The Kier molecular flexibility index (Phi) is 6.98. The van der Waals surface area contributed by atoms with Crippen molar-refractivity contribution in [3.05, 3.63) is 93.2 Å². The first kappa shape index (κ1) is 26.5. The zero-order chi connectivity index (χ0) is 28.6. The predicted molar refractivity (Wildman–Crippen MR) is 137 cm³/mol. The van der Waals surface area contributed by atoms with Gasteiger partial charge in [0.2, 0.25) is 0 Å². The van der Waals surface area contributed by atoms with Gasteiger partial charge in [-0.05, 0) is 43.3 Å². The minimum Gasteiger partial charge on any atom is -0.462 e. The maximum Gasteiger partial charge on any atom is 0.345 e. The van der Waals surface area contributed by atoms with Gasteiger partial charge in [-0.1, -0.05) is 0 Å². The lowest BCUT2D eigenvalue weighted by Gasteiger charge is -2.26. The van der Waals surface area contributed by atoms with E-state index >= 15 is 0 Å². The molecule has 2 aromatic carbocycles. The van der Waals surface area contributed by atoms with Gasteiger partial charge in [-0.2, -0.15) is 0 Å². The number of anilines is 2. The number of hydrogen-bond donors (Lipinski definition) is 1. The van der Waals surface area contributed by atoms with Crippen molar-refractivity contribution in [1.82, 2.24) is 14.6 Å². The van der Waals surface area contributed by atoms with E-state index in [0.717, 1.165) is 18.2 Å². The molecule has 4 aromatic rings. The summed E-state index contributed by atoms with van der Waals surface area (Å²) in [6.07, 6.45) is 0.803. The normalized spacial score (nSPS) is 16.7. The summed E-state index contributed by atoms with van der Waals surface area (Å²) >= 11 is 0. The summed E-state index contributed by atoms with van der Waals surface area (Å²) in [4.78, 5) is 41.8. The highest BCUT2D eigenvalue weighted by molar-refractivity contribution is 6.00. The molecule has 1 saturated heterocycles. The first-order valence-electron chi connectivity index (χ1n) is 12.1. The van der Waals surface area contributed by atoms with Gasteiger partial charge in [-0.3, -0.25) is 10.1 Å². The Balaban J connectivity index is 1.49. The average Bonchev–Trinajstić information content (AvgIpc) is 3.49. The number of carbonyl (C=O) groups excluding carboxylic acids is 2. The van der Waals surface area contributed by atoms with Gasteiger partial charge in [0.05, 0.1) is 29.7 Å². The van der Waals surface area contributed by atoms with Crippen molar-refractivity contribution < 1.29 is 32.8 Å². The van der Waals surface area contributed by atoms with Crippen molar-refractivity contribution in [1.29, 1.82) is 0 Å². The number of benzene rings is 2. The fourth-order valence-electron chi connectivity index (χ4n) is 4.64. The van der Waals surface area contributed by atoms with Crippen molar-refractivity contribution in [3.63, 3.8) is 0 Å². The van der Waals surface area contributed by atoms with Crippen molar-refractivity contribution in [2.45, 2.75) is 25.5 Å². The standard InChI is InChI=1S/C26H22F2N6O6/c1-2-39-26(36)22-23(29)31-33-10-9-21(30-24(22)33)32-13-17(12-20(32)18-11-15(27)5-8-19(18)28)40-25(35)14-3-6-16(7-4-14)34(37)38/h3-11,17,20H,2,12-13H2,1H3,(H2,29,31)/t17-,20?/m0/s1. The number of ether oxygens (including phenoxy) is 2. The highest BCUT2D eigenvalue weighted by Gasteiger charge is 2.38.